The second-order valence-corrected chi connectivity index (χ2v) is 18.7. The Morgan fingerprint density at radius 3 is 2.26 bits per heavy atom. The number of rotatable bonds is 15. The smallest absolute Gasteiger partial charge is 0.309 e. The monoisotopic (exact) mass is 935 g/mol. The van der Waals surface area contributed by atoms with Crippen LogP contribution in [0.15, 0.2) is 36.4 Å². The number of aliphatic hydroxyl groups excluding tert-OH is 2. The van der Waals surface area contributed by atoms with Crippen LogP contribution in [-0.2, 0) is 57.1 Å². The lowest BCUT2D eigenvalue weighted by Crippen LogP contribution is -2.66. The van der Waals surface area contributed by atoms with Crippen LogP contribution in [-0.4, -0.2) is 176 Å². The first kappa shape index (κ1) is 55.2. The molecule has 0 amide bonds. The van der Waals surface area contributed by atoms with Gasteiger partial charge >= 0.3 is 17.9 Å². The summed E-state index contributed by atoms with van der Waals surface area (Å²) >= 11 is 0. The molecule has 3 aliphatic rings. The van der Waals surface area contributed by atoms with Gasteiger partial charge in [-0.1, -0.05) is 63.3 Å². The van der Waals surface area contributed by atoms with E-state index in [1.54, 1.807) is 53.6 Å². The van der Waals surface area contributed by atoms with E-state index in [1.165, 1.54) is 7.11 Å². The standard InChI is InChI=1S/C49H78N2O15/c1-11-38(54)63-37-27-40(56)62-35(21-16-20-33-18-14-13-15-19-33)22-17-24-51(9)29-36(53)30(3)26-34(23-25-52)45(46(37)59-10)66-48-43(57)42(50(7)8)44(31(4)61-48)65-41-28-49(6,58)47(32(5)60-41)64-39(55)12-2/h13-16,18-20,25,30-32,34-37,41-48,53,57-58H,11-12,17,21-24,26-29H2,1-10H3/b20-16+/t30-,31?,32?,34+,35+,36+,37-,41+,42?,43?,44+,45+,46+,47+,48+,49?/m1/s1. The maximum absolute atomic E-state index is 14.0. The third kappa shape index (κ3) is 15.9. The van der Waals surface area contributed by atoms with Crippen molar-refractivity contribution >= 4 is 30.3 Å². The summed E-state index contributed by atoms with van der Waals surface area (Å²) in [5.74, 6) is -2.76. The van der Waals surface area contributed by atoms with E-state index in [1.807, 2.05) is 61.4 Å². The van der Waals surface area contributed by atoms with Gasteiger partial charge in [0.1, 0.15) is 42.4 Å². The first-order chi connectivity index (χ1) is 31.3. The second-order valence-electron chi connectivity index (χ2n) is 18.7. The number of carbonyl (C=O) groups excluding carboxylic acids is 4. The van der Waals surface area contributed by atoms with Crippen LogP contribution in [0.2, 0.25) is 0 Å². The molecule has 4 rings (SSSR count). The first-order valence-corrected chi connectivity index (χ1v) is 23.6. The molecule has 16 atom stereocenters. The number of benzene rings is 1. The molecule has 17 heteroatoms. The van der Waals surface area contributed by atoms with Crippen LogP contribution in [0.4, 0.5) is 0 Å². The summed E-state index contributed by atoms with van der Waals surface area (Å²) < 4.78 is 49.7. The van der Waals surface area contributed by atoms with Gasteiger partial charge in [0.25, 0.3) is 0 Å². The molecule has 374 valence electrons. The van der Waals surface area contributed by atoms with Gasteiger partial charge < -0.3 is 67.8 Å². The number of β-amino-alcohol motifs (C(OH)–C–C–N with tert-alkyl or cyclic N) is 1. The molecule has 1 aromatic carbocycles. The average Bonchev–Trinajstić information content (AvgIpc) is 3.25. The van der Waals surface area contributed by atoms with E-state index in [0.29, 0.717) is 32.4 Å². The predicted octanol–water partition coefficient (Wildman–Crippen LogP) is 4.06. The van der Waals surface area contributed by atoms with Gasteiger partial charge in [0.2, 0.25) is 0 Å². The topological polar surface area (TPSA) is 209 Å². The number of nitrogens with zero attached hydrogens (tertiary/aromatic N) is 2. The molecule has 1 aromatic rings. The van der Waals surface area contributed by atoms with Crippen LogP contribution in [0.25, 0.3) is 6.08 Å². The zero-order chi connectivity index (χ0) is 48.7. The van der Waals surface area contributed by atoms with Crippen molar-refractivity contribution in [3.8, 4) is 0 Å². The molecule has 3 N–H and O–H groups in total. The molecule has 5 unspecified atom stereocenters. The van der Waals surface area contributed by atoms with Crippen molar-refractivity contribution in [1.82, 2.24) is 9.80 Å². The highest BCUT2D eigenvalue weighted by molar-refractivity contribution is 5.73. The Morgan fingerprint density at radius 1 is 0.955 bits per heavy atom. The van der Waals surface area contributed by atoms with Crippen molar-refractivity contribution < 1.29 is 72.4 Å². The molecule has 0 aliphatic carbocycles. The third-order valence-electron chi connectivity index (χ3n) is 13.0. The van der Waals surface area contributed by atoms with Crippen LogP contribution in [0, 0.1) is 11.8 Å². The lowest BCUT2D eigenvalue weighted by atomic mass is 9.82. The normalized spacial score (nSPS) is 37.0. The molecule has 66 heavy (non-hydrogen) atoms. The number of hydrogen-bond donors (Lipinski definition) is 3. The molecule has 0 aromatic heterocycles. The van der Waals surface area contributed by atoms with E-state index in [0.717, 1.165) is 11.8 Å². The zero-order valence-electron chi connectivity index (χ0n) is 40.7. The number of aldehydes is 1. The lowest BCUT2D eigenvalue weighted by Gasteiger charge is -2.50. The van der Waals surface area contributed by atoms with Gasteiger partial charge in [0.05, 0.1) is 36.9 Å². The Balaban J connectivity index is 1.68. The fourth-order valence-corrected chi connectivity index (χ4v) is 9.36. The fourth-order valence-electron chi connectivity index (χ4n) is 9.36. The molecule has 0 saturated carbocycles. The molecule has 3 saturated heterocycles. The Labute approximate surface area is 391 Å². The number of ether oxygens (including phenoxy) is 8. The molecule has 0 radical (unpaired) electrons. The maximum Gasteiger partial charge on any atom is 0.309 e. The number of likely N-dealkylation sites (N-methyl/N-ethyl adjacent to an activating group) is 2. The van der Waals surface area contributed by atoms with Crippen LogP contribution < -0.4 is 0 Å². The van der Waals surface area contributed by atoms with E-state index in [4.69, 9.17) is 37.9 Å². The summed E-state index contributed by atoms with van der Waals surface area (Å²) in [6.07, 6.45) is -5.78. The second kappa shape index (κ2) is 26.4. The molecule has 3 fully saturated rings. The average molecular weight is 935 g/mol. The van der Waals surface area contributed by atoms with Gasteiger partial charge in [-0.25, -0.2) is 0 Å². The van der Waals surface area contributed by atoms with Crippen LogP contribution in [0.3, 0.4) is 0 Å². The predicted molar refractivity (Wildman–Crippen MR) is 244 cm³/mol. The summed E-state index contributed by atoms with van der Waals surface area (Å²) in [5.41, 5.74) is -0.499. The Hall–Kier alpha value is -3.36. The summed E-state index contributed by atoms with van der Waals surface area (Å²) in [5, 5.41) is 35.2. The van der Waals surface area contributed by atoms with Gasteiger partial charge in [-0.2, -0.15) is 0 Å². The highest BCUT2D eigenvalue weighted by Crippen LogP contribution is 2.38. The summed E-state index contributed by atoms with van der Waals surface area (Å²) in [7, 11) is 6.83. The number of carbonyl (C=O) groups is 4. The quantitative estimate of drug-likeness (QED) is 0.129. The lowest BCUT2D eigenvalue weighted by molar-refractivity contribution is -0.344. The van der Waals surface area contributed by atoms with Crippen LogP contribution in [0.5, 0.6) is 0 Å². The minimum Gasteiger partial charge on any atom is -0.462 e. The van der Waals surface area contributed by atoms with E-state index in [9.17, 15) is 34.5 Å². The largest absolute Gasteiger partial charge is 0.462 e. The fraction of sp³-hybridized carbons (Fsp3) is 0.755. The van der Waals surface area contributed by atoms with Gasteiger partial charge in [-0.15, -0.1) is 0 Å². The number of cyclic esters (lactones) is 1. The molecule has 3 aliphatic heterocycles. The first-order valence-electron chi connectivity index (χ1n) is 23.6. The Morgan fingerprint density at radius 2 is 1.64 bits per heavy atom. The number of hydrogen-bond acceptors (Lipinski definition) is 17. The van der Waals surface area contributed by atoms with Crippen molar-refractivity contribution in [3.63, 3.8) is 0 Å². The van der Waals surface area contributed by atoms with Gasteiger partial charge in [-0.05, 0) is 85.1 Å². The maximum atomic E-state index is 14.0. The van der Waals surface area contributed by atoms with Crippen molar-refractivity contribution in [1.29, 1.82) is 0 Å². The van der Waals surface area contributed by atoms with Crippen molar-refractivity contribution in [2.45, 2.75) is 185 Å². The van der Waals surface area contributed by atoms with E-state index in [-0.39, 0.29) is 38.0 Å². The van der Waals surface area contributed by atoms with E-state index in [2.05, 4.69) is 0 Å². The number of methoxy groups -OCH3 is 1. The van der Waals surface area contributed by atoms with Crippen molar-refractivity contribution in [3.05, 3.63) is 42.0 Å². The number of esters is 3. The minimum atomic E-state index is -1.50. The highest BCUT2D eigenvalue weighted by atomic mass is 16.7. The van der Waals surface area contributed by atoms with Crippen molar-refractivity contribution in [2.24, 2.45) is 11.8 Å². The molecular formula is C49H78N2O15. The summed E-state index contributed by atoms with van der Waals surface area (Å²) in [4.78, 5) is 55.6. The van der Waals surface area contributed by atoms with Crippen LogP contribution >= 0.6 is 0 Å². The van der Waals surface area contributed by atoms with E-state index < -0.39 is 116 Å². The van der Waals surface area contributed by atoms with Gasteiger partial charge in [-0.3, -0.25) is 14.4 Å². The third-order valence-corrected chi connectivity index (χ3v) is 13.0. The molecule has 17 nitrogen and oxygen atoms in total. The summed E-state index contributed by atoms with van der Waals surface area (Å²) in [6.45, 7) is 11.1. The Bertz CT molecular complexity index is 1680. The van der Waals surface area contributed by atoms with E-state index >= 15 is 0 Å². The minimum absolute atomic E-state index is 0.00769. The molecular weight excluding hydrogens is 857 g/mol. The zero-order valence-corrected chi connectivity index (χ0v) is 40.7. The van der Waals surface area contributed by atoms with Crippen molar-refractivity contribution in [2.75, 3.05) is 41.3 Å². The number of aliphatic hydroxyl groups is 3. The highest BCUT2D eigenvalue weighted by Gasteiger charge is 2.53. The Kier molecular flexibility index (Phi) is 22.1. The molecule has 0 spiro atoms. The van der Waals surface area contributed by atoms with Gasteiger partial charge in [0.15, 0.2) is 18.7 Å². The van der Waals surface area contributed by atoms with Gasteiger partial charge in [0, 0.05) is 45.8 Å². The molecule has 0 bridgehead atoms. The SMILES string of the molecule is CCC(=O)O[C@@H]1CC(=O)O[C@@H](C/C=C/c2ccccc2)CCCN(C)C[C@H](O)[C@H](C)C[C@H](CC=O)[C@H](O[C@@H]2OC(C)[C@H](O[C@H]3CC(C)(O)[C@@H](OC(=O)CC)C(C)O3)C(N(C)C)C2O)[C@H]1OC. The van der Waals surface area contributed by atoms with Crippen LogP contribution in [0.1, 0.15) is 105 Å². The summed E-state index contributed by atoms with van der Waals surface area (Å²) in [6, 6.07) is 8.99. The molecule has 3 heterocycles.